The van der Waals surface area contributed by atoms with Crippen molar-refractivity contribution in [2.24, 2.45) is 5.73 Å². The van der Waals surface area contributed by atoms with Crippen molar-refractivity contribution in [1.82, 2.24) is 4.90 Å². The van der Waals surface area contributed by atoms with E-state index in [2.05, 4.69) is 17.0 Å². The van der Waals surface area contributed by atoms with Crippen LogP contribution in [-0.2, 0) is 6.54 Å². The second-order valence-corrected chi connectivity index (χ2v) is 3.14. The van der Waals surface area contributed by atoms with Gasteiger partial charge in [0.1, 0.15) is 0 Å². The summed E-state index contributed by atoms with van der Waals surface area (Å²) in [7, 11) is 2.03. The van der Waals surface area contributed by atoms with Crippen molar-refractivity contribution in [3.05, 3.63) is 35.9 Å². The normalized spacial score (nSPS) is 13.3. The lowest BCUT2D eigenvalue weighted by Gasteiger charge is -2.20. The SMILES string of the molecule is CC(N)N(C)Cc1ccccc1. The molecule has 2 nitrogen and oxygen atoms in total. The van der Waals surface area contributed by atoms with Gasteiger partial charge in [0.25, 0.3) is 0 Å². The molecule has 1 unspecified atom stereocenters. The van der Waals surface area contributed by atoms with Gasteiger partial charge in [-0.25, -0.2) is 0 Å². The van der Waals surface area contributed by atoms with Crippen molar-refractivity contribution in [2.75, 3.05) is 7.05 Å². The van der Waals surface area contributed by atoms with Gasteiger partial charge in [-0.15, -0.1) is 0 Å². The highest BCUT2D eigenvalue weighted by Gasteiger charge is 2.02. The Labute approximate surface area is 74.0 Å². The van der Waals surface area contributed by atoms with Gasteiger partial charge < -0.3 is 5.73 Å². The Hall–Kier alpha value is -0.860. The number of nitrogens with two attached hydrogens (primary N) is 1. The van der Waals surface area contributed by atoms with Crippen LogP contribution in [0.25, 0.3) is 0 Å². The fourth-order valence-corrected chi connectivity index (χ4v) is 1.02. The summed E-state index contributed by atoms with van der Waals surface area (Å²) in [5, 5.41) is 0. The van der Waals surface area contributed by atoms with E-state index in [1.165, 1.54) is 5.56 Å². The first-order valence-electron chi connectivity index (χ1n) is 4.20. The minimum absolute atomic E-state index is 0.116. The van der Waals surface area contributed by atoms with Crippen LogP contribution in [0.2, 0.25) is 0 Å². The van der Waals surface area contributed by atoms with Crippen LogP contribution in [0.3, 0.4) is 0 Å². The van der Waals surface area contributed by atoms with E-state index in [4.69, 9.17) is 5.73 Å². The molecule has 1 aromatic carbocycles. The number of hydrogen-bond donors (Lipinski definition) is 1. The molecule has 1 atom stereocenters. The Morgan fingerprint density at radius 2 is 1.92 bits per heavy atom. The fraction of sp³-hybridized carbons (Fsp3) is 0.400. The Bertz CT molecular complexity index is 219. The molecule has 1 aromatic rings. The molecule has 2 heteroatoms. The van der Waals surface area contributed by atoms with Gasteiger partial charge in [0.15, 0.2) is 0 Å². The van der Waals surface area contributed by atoms with Gasteiger partial charge in [0.05, 0.1) is 6.17 Å². The Kier molecular flexibility index (Phi) is 3.26. The molecule has 0 fully saturated rings. The summed E-state index contributed by atoms with van der Waals surface area (Å²) in [5.41, 5.74) is 7.01. The van der Waals surface area contributed by atoms with Gasteiger partial charge in [0.2, 0.25) is 0 Å². The van der Waals surface area contributed by atoms with E-state index in [0.717, 1.165) is 6.54 Å². The van der Waals surface area contributed by atoms with E-state index >= 15 is 0 Å². The first-order chi connectivity index (χ1) is 5.70. The molecule has 0 amide bonds. The number of hydrogen-bond acceptors (Lipinski definition) is 2. The second kappa shape index (κ2) is 4.24. The molecule has 0 radical (unpaired) electrons. The molecule has 0 spiro atoms. The third-order valence-electron chi connectivity index (χ3n) is 1.97. The molecule has 0 aliphatic heterocycles. The van der Waals surface area contributed by atoms with Crippen LogP contribution in [0.15, 0.2) is 30.3 Å². The molecule has 0 saturated heterocycles. The smallest absolute Gasteiger partial charge is 0.0543 e. The van der Waals surface area contributed by atoms with Crippen LogP contribution in [0.1, 0.15) is 12.5 Å². The highest BCUT2D eigenvalue weighted by atomic mass is 15.2. The average molecular weight is 164 g/mol. The van der Waals surface area contributed by atoms with Crippen LogP contribution in [-0.4, -0.2) is 18.1 Å². The lowest BCUT2D eigenvalue weighted by atomic mass is 10.2. The van der Waals surface area contributed by atoms with E-state index in [9.17, 15) is 0 Å². The predicted molar refractivity (Wildman–Crippen MR) is 51.6 cm³/mol. The van der Waals surface area contributed by atoms with Gasteiger partial charge in [-0.05, 0) is 19.5 Å². The zero-order chi connectivity index (χ0) is 8.97. The van der Waals surface area contributed by atoms with E-state index in [1.807, 2.05) is 32.2 Å². The summed E-state index contributed by atoms with van der Waals surface area (Å²) in [4.78, 5) is 2.11. The van der Waals surface area contributed by atoms with Crippen molar-refractivity contribution < 1.29 is 0 Å². The predicted octanol–water partition coefficient (Wildman–Crippen LogP) is 1.42. The number of benzene rings is 1. The topological polar surface area (TPSA) is 29.3 Å². The van der Waals surface area contributed by atoms with Gasteiger partial charge in [-0.1, -0.05) is 30.3 Å². The first-order valence-corrected chi connectivity index (χ1v) is 4.20. The molecule has 0 heterocycles. The molecule has 12 heavy (non-hydrogen) atoms. The van der Waals surface area contributed by atoms with Gasteiger partial charge in [-0.2, -0.15) is 0 Å². The molecule has 0 aliphatic rings. The minimum Gasteiger partial charge on any atom is -0.316 e. The van der Waals surface area contributed by atoms with Crippen molar-refractivity contribution in [2.45, 2.75) is 19.6 Å². The summed E-state index contributed by atoms with van der Waals surface area (Å²) in [6.07, 6.45) is 0.116. The van der Waals surface area contributed by atoms with Gasteiger partial charge in [0, 0.05) is 6.54 Å². The molecule has 1 rings (SSSR count). The average Bonchev–Trinajstić information content (AvgIpc) is 2.06. The van der Waals surface area contributed by atoms with E-state index < -0.39 is 0 Å². The maximum atomic E-state index is 5.71. The van der Waals surface area contributed by atoms with Gasteiger partial charge >= 0.3 is 0 Å². The molecular weight excluding hydrogens is 148 g/mol. The van der Waals surface area contributed by atoms with Crippen molar-refractivity contribution >= 4 is 0 Å². The van der Waals surface area contributed by atoms with Crippen molar-refractivity contribution in [3.63, 3.8) is 0 Å². The second-order valence-electron chi connectivity index (χ2n) is 3.14. The standard InChI is InChI=1S/C10H16N2/c1-9(11)12(2)8-10-6-4-3-5-7-10/h3-7,9H,8,11H2,1-2H3. The fourth-order valence-electron chi connectivity index (χ4n) is 1.02. The Morgan fingerprint density at radius 1 is 1.33 bits per heavy atom. The lowest BCUT2D eigenvalue weighted by molar-refractivity contribution is 0.255. The van der Waals surface area contributed by atoms with Crippen molar-refractivity contribution in [1.29, 1.82) is 0 Å². The molecule has 0 aliphatic carbocycles. The maximum Gasteiger partial charge on any atom is 0.0543 e. The third-order valence-corrected chi connectivity index (χ3v) is 1.97. The molecule has 66 valence electrons. The summed E-state index contributed by atoms with van der Waals surface area (Å²) in [6, 6.07) is 10.3. The highest BCUT2D eigenvalue weighted by molar-refractivity contribution is 5.14. The van der Waals surface area contributed by atoms with Crippen LogP contribution in [0, 0.1) is 0 Å². The molecule has 0 bridgehead atoms. The largest absolute Gasteiger partial charge is 0.316 e. The molecule has 2 N–H and O–H groups in total. The Balaban J connectivity index is 2.53. The number of rotatable bonds is 3. The summed E-state index contributed by atoms with van der Waals surface area (Å²) >= 11 is 0. The first kappa shape index (κ1) is 9.23. The van der Waals surface area contributed by atoms with E-state index in [0.29, 0.717) is 0 Å². The van der Waals surface area contributed by atoms with Crippen LogP contribution in [0.5, 0.6) is 0 Å². The quantitative estimate of drug-likeness (QED) is 0.685. The van der Waals surface area contributed by atoms with Crippen LogP contribution < -0.4 is 5.73 Å². The zero-order valence-corrected chi connectivity index (χ0v) is 7.70. The van der Waals surface area contributed by atoms with Crippen molar-refractivity contribution in [3.8, 4) is 0 Å². The molecule has 0 aromatic heterocycles. The summed E-state index contributed by atoms with van der Waals surface area (Å²) in [6.45, 7) is 2.90. The van der Waals surface area contributed by atoms with Crippen LogP contribution >= 0.6 is 0 Å². The van der Waals surface area contributed by atoms with E-state index in [-0.39, 0.29) is 6.17 Å². The monoisotopic (exact) mass is 164 g/mol. The van der Waals surface area contributed by atoms with Gasteiger partial charge in [-0.3, -0.25) is 4.90 Å². The zero-order valence-electron chi connectivity index (χ0n) is 7.70. The molecular formula is C10H16N2. The number of nitrogens with zero attached hydrogens (tertiary/aromatic N) is 1. The van der Waals surface area contributed by atoms with E-state index in [1.54, 1.807) is 0 Å². The van der Waals surface area contributed by atoms with Crippen LogP contribution in [0.4, 0.5) is 0 Å². The lowest BCUT2D eigenvalue weighted by Crippen LogP contribution is -2.35. The minimum atomic E-state index is 0.116. The highest BCUT2D eigenvalue weighted by Crippen LogP contribution is 2.02. The molecule has 0 saturated carbocycles. The third kappa shape index (κ3) is 2.64. The Morgan fingerprint density at radius 3 is 2.42 bits per heavy atom. The maximum absolute atomic E-state index is 5.71. The summed E-state index contributed by atoms with van der Waals surface area (Å²) < 4.78 is 0. The summed E-state index contributed by atoms with van der Waals surface area (Å²) in [5.74, 6) is 0.